The number of amides is 1. The number of nitrogens with zero attached hydrogens (tertiary/aromatic N) is 2. The molecule has 138 valence electrons. The third-order valence-corrected chi connectivity index (χ3v) is 5.93. The smallest absolute Gasteiger partial charge is 0.273 e. The third-order valence-electron chi connectivity index (χ3n) is 5.04. The van der Waals surface area contributed by atoms with E-state index in [2.05, 4.69) is 43.1 Å². The van der Waals surface area contributed by atoms with Crippen molar-refractivity contribution in [2.75, 3.05) is 6.54 Å². The first kappa shape index (κ1) is 17.7. The van der Waals surface area contributed by atoms with Crippen molar-refractivity contribution in [2.45, 2.75) is 32.7 Å². The Morgan fingerprint density at radius 2 is 1.93 bits per heavy atom. The van der Waals surface area contributed by atoms with E-state index in [1.807, 2.05) is 16.3 Å². The van der Waals surface area contributed by atoms with Gasteiger partial charge in [-0.1, -0.05) is 44.2 Å². The molecule has 0 radical (unpaired) electrons. The van der Waals surface area contributed by atoms with E-state index in [0.29, 0.717) is 24.7 Å². The normalized spacial score (nSPS) is 13.7. The summed E-state index contributed by atoms with van der Waals surface area (Å²) >= 11 is 1.50. The molecule has 0 fully saturated rings. The van der Waals surface area contributed by atoms with Gasteiger partial charge in [-0.25, -0.2) is 4.98 Å². The van der Waals surface area contributed by atoms with Crippen molar-refractivity contribution in [3.63, 3.8) is 0 Å². The van der Waals surface area contributed by atoms with Crippen LogP contribution in [0.1, 0.15) is 46.9 Å². The lowest BCUT2D eigenvalue weighted by Gasteiger charge is -2.28. The van der Waals surface area contributed by atoms with Crippen molar-refractivity contribution in [3.05, 3.63) is 70.2 Å². The van der Waals surface area contributed by atoms with E-state index in [-0.39, 0.29) is 11.7 Å². The molecule has 27 heavy (non-hydrogen) atoms. The van der Waals surface area contributed by atoms with Crippen LogP contribution in [-0.2, 0) is 13.0 Å². The van der Waals surface area contributed by atoms with Gasteiger partial charge in [0.1, 0.15) is 16.5 Å². The molecule has 0 saturated heterocycles. The average Bonchev–Trinajstić information content (AvgIpc) is 3.17. The van der Waals surface area contributed by atoms with Gasteiger partial charge in [0.2, 0.25) is 0 Å². The SMILES string of the molecule is CC(C)c1ccc(-c2nc(C(=O)N3CCc4ccc(O)cc4C3)cs2)cc1. The number of fused-ring (bicyclic) bond motifs is 1. The van der Waals surface area contributed by atoms with Crippen LogP contribution in [0.3, 0.4) is 0 Å². The Balaban J connectivity index is 1.52. The fraction of sp³-hybridized carbons (Fsp3) is 0.273. The highest BCUT2D eigenvalue weighted by atomic mass is 32.1. The fourth-order valence-corrected chi connectivity index (χ4v) is 4.19. The van der Waals surface area contributed by atoms with Gasteiger partial charge in [0.05, 0.1) is 0 Å². The summed E-state index contributed by atoms with van der Waals surface area (Å²) < 4.78 is 0. The van der Waals surface area contributed by atoms with Crippen LogP contribution in [-0.4, -0.2) is 27.4 Å². The van der Waals surface area contributed by atoms with E-state index in [9.17, 15) is 9.90 Å². The number of hydrogen-bond donors (Lipinski definition) is 1. The molecule has 1 aromatic heterocycles. The van der Waals surface area contributed by atoms with Crippen LogP contribution in [0.5, 0.6) is 5.75 Å². The summed E-state index contributed by atoms with van der Waals surface area (Å²) in [6.07, 6.45) is 0.801. The lowest BCUT2D eigenvalue weighted by Crippen LogP contribution is -2.36. The van der Waals surface area contributed by atoms with Crippen LogP contribution in [0.15, 0.2) is 47.8 Å². The molecule has 5 heteroatoms. The second-order valence-electron chi connectivity index (χ2n) is 7.24. The van der Waals surface area contributed by atoms with Crippen molar-refractivity contribution in [1.29, 1.82) is 0 Å². The monoisotopic (exact) mass is 378 g/mol. The molecule has 3 aromatic rings. The number of aromatic hydroxyl groups is 1. The standard InChI is InChI=1S/C22H22N2O2S/c1-14(2)15-3-5-17(6-4-15)21-23-20(13-27-21)22(26)24-10-9-16-7-8-19(25)11-18(16)12-24/h3-8,11,13-14,25H,9-10,12H2,1-2H3. The van der Waals surface area contributed by atoms with Gasteiger partial charge in [-0.05, 0) is 41.2 Å². The summed E-state index contributed by atoms with van der Waals surface area (Å²) in [7, 11) is 0. The Morgan fingerprint density at radius 3 is 2.67 bits per heavy atom. The molecular weight excluding hydrogens is 356 g/mol. The minimum atomic E-state index is -0.0507. The lowest BCUT2D eigenvalue weighted by molar-refractivity contribution is 0.0729. The van der Waals surface area contributed by atoms with E-state index < -0.39 is 0 Å². The van der Waals surface area contributed by atoms with E-state index in [4.69, 9.17) is 0 Å². The number of benzene rings is 2. The summed E-state index contributed by atoms with van der Waals surface area (Å²) in [4.78, 5) is 19.3. The van der Waals surface area contributed by atoms with Crippen LogP contribution < -0.4 is 0 Å². The van der Waals surface area contributed by atoms with Gasteiger partial charge in [-0.2, -0.15) is 0 Å². The number of aromatic nitrogens is 1. The Morgan fingerprint density at radius 1 is 1.15 bits per heavy atom. The Bertz CT molecular complexity index is 976. The fourth-order valence-electron chi connectivity index (χ4n) is 3.39. The topological polar surface area (TPSA) is 53.4 Å². The second kappa shape index (κ2) is 7.16. The molecule has 1 aliphatic rings. The zero-order valence-electron chi connectivity index (χ0n) is 15.5. The van der Waals surface area contributed by atoms with Crippen LogP contribution in [0.4, 0.5) is 0 Å². The molecule has 0 atom stereocenters. The summed E-state index contributed by atoms with van der Waals surface area (Å²) in [5.74, 6) is 0.683. The Kier molecular flexibility index (Phi) is 4.70. The van der Waals surface area contributed by atoms with Crippen molar-refractivity contribution in [1.82, 2.24) is 9.88 Å². The second-order valence-corrected chi connectivity index (χ2v) is 8.10. The zero-order valence-corrected chi connectivity index (χ0v) is 16.3. The average molecular weight is 378 g/mol. The minimum Gasteiger partial charge on any atom is -0.508 e. The number of carbonyl (C=O) groups is 1. The first-order valence-corrected chi connectivity index (χ1v) is 10.0. The molecule has 2 heterocycles. The Hall–Kier alpha value is -2.66. The highest BCUT2D eigenvalue weighted by Crippen LogP contribution is 2.28. The molecule has 4 rings (SSSR count). The molecule has 0 bridgehead atoms. The maximum atomic E-state index is 12.9. The van der Waals surface area contributed by atoms with E-state index >= 15 is 0 Å². The molecule has 2 aromatic carbocycles. The number of phenolic OH excluding ortho intramolecular Hbond substituents is 1. The first-order chi connectivity index (χ1) is 13.0. The van der Waals surface area contributed by atoms with Gasteiger partial charge in [-0.15, -0.1) is 11.3 Å². The molecule has 0 unspecified atom stereocenters. The Labute approximate surface area is 163 Å². The number of phenols is 1. The molecule has 1 amide bonds. The highest BCUT2D eigenvalue weighted by molar-refractivity contribution is 7.13. The molecule has 0 saturated carbocycles. The maximum absolute atomic E-state index is 12.9. The van der Waals surface area contributed by atoms with Gasteiger partial charge in [0, 0.05) is 24.0 Å². The first-order valence-electron chi connectivity index (χ1n) is 9.17. The lowest BCUT2D eigenvalue weighted by atomic mass is 9.99. The van der Waals surface area contributed by atoms with E-state index in [1.54, 1.807) is 12.1 Å². The van der Waals surface area contributed by atoms with Crippen molar-refractivity contribution >= 4 is 17.2 Å². The number of carbonyl (C=O) groups excluding carboxylic acids is 1. The summed E-state index contributed by atoms with van der Waals surface area (Å²) in [5, 5.41) is 12.4. The summed E-state index contributed by atoms with van der Waals surface area (Å²) in [5.41, 5.74) is 5.03. The van der Waals surface area contributed by atoms with Crippen LogP contribution in [0.25, 0.3) is 10.6 Å². The quantitative estimate of drug-likeness (QED) is 0.710. The molecule has 1 aliphatic heterocycles. The molecule has 0 spiro atoms. The van der Waals surface area contributed by atoms with Crippen molar-refractivity contribution < 1.29 is 9.90 Å². The van der Waals surface area contributed by atoms with Gasteiger partial charge >= 0.3 is 0 Å². The molecule has 0 aliphatic carbocycles. The number of rotatable bonds is 3. The van der Waals surface area contributed by atoms with Gasteiger partial charge in [-0.3, -0.25) is 4.79 Å². The van der Waals surface area contributed by atoms with Crippen LogP contribution in [0.2, 0.25) is 0 Å². The van der Waals surface area contributed by atoms with E-state index in [0.717, 1.165) is 22.6 Å². The maximum Gasteiger partial charge on any atom is 0.273 e. The molecule has 4 nitrogen and oxygen atoms in total. The molecular formula is C22H22N2O2S. The van der Waals surface area contributed by atoms with E-state index in [1.165, 1.54) is 22.5 Å². The van der Waals surface area contributed by atoms with Gasteiger partial charge in [0.15, 0.2) is 0 Å². The van der Waals surface area contributed by atoms with Crippen molar-refractivity contribution in [3.8, 4) is 16.3 Å². The van der Waals surface area contributed by atoms with Gasteiger partial charge in [0.25, 0.3) is 5.91 Å². The number of hydrogen-bond acceptors (Lipinski definition) is 4. The highest BCUT2D eigenvalue weighted by Gasteiger charge is 2.24. The van der Waals surface area contributed by atoms with Crippen molar-refractivity contribution in [2.24, 2.45) is 0 Å². The van der Waals surface area contributed by atoms with Crippen LogP contribution >= 0.6 is 11.3 Å². The third kappa shape index (κ3) is 3.60. The summed E-state index contributed by atoms with van der Waals surface area (Å²) in [6, 6.07) is 13.8. The summed E-state index contributed by atoms with van der Waals surface area (Å²) in [6.45, 7) is 5.53. The van der Waals surface area contributed by atoms with Gasteiger partial charge < -0.3 is 10.0 Å². The zero-order chi connectivity index (χ0) is 19.0. The predicted molar refractivity (Wildman–Crippen MR) is 108 cm³/mol. The number of thiazole rings is 1. The largest absolute Gasteiger partial charge is 0.508 e. The minimum absolute atomic E-state index is 0.0507. The molecule has 1 N–H and O–H groups in total. The predicted octanol–water partition coefficient (Wildman–Crippen LogP) is 4.84. The van der Waals surface area contributed by atoms with Crippen LogP contribution in [0, 0.1) is 0 Å².